The first kappa shape index (κ1) is 15.0. The molecule has 110 valence electrons. The third-order valence-electron chi connectivity index (χ3n) is 3.03. The zero-order chi connectivity index (χ0) is 15.4. The van der Waals surface area contributed by atoms with Gasteiger partial charge in [-0.15, -0.1) is 0 Å². The molecule has 5 nitrogen and oxygen atoms in total. The van der Waals surface area contributed by atoms with Crippen molar-refractivity contribution in [2.45, 2.75) is 33.4 Å². The monoisotopic (exact) mass is 285 g/mol. The van der Waals surface area contributed by atoms with Crippen molar-refractivity contribution < 1.29 is 4.79 Å². The van der Waals surface area contributed by atoms with E-state index in [-0.39, 0.29) is 24.1 Å². The van der Waals surface area contributed by atoms with Crippen LogP contribution in [0.4, 0.5) is 0 Å². The van der Waals surface area contributed by atoms with Gasteiger partial charge in [0.25, 0.3) is 5.56 Å². The second kappa shape index (κ2) is 6.35. The van der Waals surface area contributed by atoms with Gasteiger partial charge in [0.2, 0.25) is 5.91 Å². The number of amides is 1. The minimum atomic E-state index is -0.286. The molecule has 5 heteroatoms. The Labute approximate surface area is 123 Å². The summed E-state index contributed by atoms with van der Waals surface area (Å²) in [5.41, 5.74) is 2.42. The Bertz CT molecular complexity index is 705. The maximum absolute atomic E-state index is 11.8. The molecule has 2 rings (SSSR count). The number of benzene rings is 1. The molecular weight excluding hydrogens is 266 g/mol. The van der Waals surface area contributed by atoms with E-state index in [1.807, 2.05) is 45.0 Å². The fraction of sp³-hybridized carbons (Fsp3) is 0.312. The molecule has 0 aliphatic rings. The van der Waals surface area contributed by atoms with Crippen molar-refractivity contribution in [3.63, 3.8) is 0 Å². The number of nitrogens with zero attached hydrogens (tertiary/aromatic N) is 2. The number of carbonyl (C=O) groups excluding carboxylic acids is 1. The zero-order valence-electron chi connectivity index (χ0n) is 12.5. The van der Waals surface area contributed by atoms with Gasteiger partial charge in [-0.25, -0.2) is 4.68 Å². The third-order valence-corrected chi connectivity index (χ3v) is 3.03. The van der Waals surface area contributed by atoms with Crippen LogP contribution in [0.5, 0.6) is 0 Å². The maximum Gasteiger partial charge on any atom is 0.267 e. The molecule has 21 heavy (non-hydrogen) atoms. The van der Waals surface area contributed by atoms with E-state index in [1.165, 1.54) is 10.7 Å². The van der Waals surface area contributed by atoms with Gasteiger partial charge in [0.1, 0.15) is 6.54 Å². The van der Waals surface area contributed by atoms with E-state index in [2.05, 4.69) is 10.4 Å². The highest BCUT2D eigenvalue weighted by atomic mass is 16.2. The van der Waals surface area contributed by atoms with E-state index in [0.717, 1.165) is 11.1 Å². The normalized spacial score (nSPS) is 10.7. The van der Waals surface area contributed by atoms with Crippen LogP contribution in [0.1, 0.15) is 19.4 Å². The summed E-state index contributed by atoms with van der Waals surface area (Å²) in [5.74, 6) is -0.221. The Morgan fingerprint density at radius 1 is 1.24 bits per heavy atom. The van der Waals surface area contributed by atoms with Gasteiger partial charge in [-0.2, -0.15) is 5.10 Å². The summed E-state index contributed by atoms with van der Waals surface area (Å²) in [6.45, 7) is 5.66. The minimum absolute atomic E-state index is 0.0350. The molecule has 0 saturated heterocycles. The molecule has 1 aromatic carbocycles. The Balaban J connectivity index is 2.32. The average molecular weight is 285 g/mol. The molecule has 1 N–H and O–H groups in total. The molecule has 0 unspecified atom stereocenters. The van der Waals surface area contributed by atoms with Crippen molar-refractivity contribution in [1.82, 2.24) is 15.1 Å². The number of aromatic nitrogens is 2. The number of hydrogen-bond donors (Lipinski definition) is 1. The van der Waals surface area contributed by atoms with E-state index in [9.17, 15) is 9.59 Å². The first-order valence-electron chi connectivity index (χ1n) is 6.91. The summed E-state index contributed by atoms with van der Waals surface area (Å²) >= 11 is 0. The van der Waals surface area contributed by atoms with Crippen LogP contribution in [-0.2, 0) is 11.3 Å². The average Bonchev–Trinajstić information content (AvgIpc) is 2.41. The first-order chi connectivity index (χ1) is 9.97. The summed E-state index contributed by atoms with van der Waals surface area (Å²) in [4.78, 5) is 23.6. The summed E-state index contributed by atoms with van der Waals surface area (Å²) in [6.07, 6.45) is 0. The summed E-state index contributed by atoms with van der Waals surface area (Å²) in [7, 11) is 0. The molecule has 1 amide bonds. The van der Waals surface area contributed by atoms with Crippen LogP contribution in [0.2, 0.25) is 0 Å². The van der Waals surface area contributed by atoms with Gasteiger partial charge >= 0.3 is 0 Å². The zero-order valence-corrected chi connectivity index (χ0v) is 12.5. The summed E-state index contributed by atoms with van der Waals surface area (Å²) < 4.78 is 1.19. The summed E-state index contributed by atoms with van der Waals surface area (Å²) in [5, 5.41) is 7.04. The molecular formula is C16H19N3O2. The summed E-state index contributed by atoms with van der Waals surface area (Å²) in [6, 6.07) is 11.0. The van der Waals surface area contributed by atoms with Gasteiger partial charge < -0.3 is 5.32 Å². The fourth-order valence-corrected chi connectivity index (χ4v) is 2.07. The molecule has 0 spiro atoms. The van der Waals surface area contributed by atoms with Gasteiger partial charge in [-0.3, -0.25) is 9.59 Å². The molecule has 0 bridgehead atoms. The van der Waals surface area contributed by atoms with Crippen LogP contribution in [-0.4, -0.2) is 21.7 Å². The lowest BCUT2D eigenvalue weighted by molar-refractivity contribution is -0.122. The number of nitrogens with one attached hydrogen (secondary N) is 1. The Morgan fingerprint density at radius 3 is 2.62 bits per heavy atom. The Kier molecular flexibility index (Phi) is 4.52. The molecule has 0 aliphatic carbocycles. The van der Waals surface area contributed by atoms with Crippen molar-refractivity contribution >= 4 is 5.91 Å². The predicted molar refractivity (Wildman–Crippen MR) is 81.9 cm³/mol. The number of carbonyl (C=O) groups is 1. The smallest absolute Gasteiger partial charge is 0.267 e. The van der Waals surface area contributed by atoms with Crippen LogP contribution in [0.3, 0.4) is 0 Å². The second-order valence-corrected chi connectivity index (χ2v) is 5.25. The van der Waals surface area contributed by atoms with Crippen molar-refractivity contribution in [3.8, 4) is 11.3 Å². The Morgan fingerprint density at radius 2 is 1.95 bits per heavy atom. The highest BCUT2D eigenvalue weighted by Crippen LogP contribution is 2.19. The molecule has 0 saturated carbocycles. The molecule has 1 aromatic heterocycles. The quantitative estimate of drug-likeness (QED) is 0.930. The van der Waals surface area contributed by atoms with Crippen LogP contribution in [0, 0.1) is 6.92 Å². The molecule has 0 fully saturated rings. The highest BCUT2D eigenvalue weighted by molar-refractivity contribution is 5.75. The minimum Gasteiger partial charge on any atom is -0.352 e. The van der Waals surface area contributed by atoms with Crippen molar-refractivity contribution in [3.05, 3.63) is 52.3 Å². The molecule has 1 heterocycles. The van der Waals surface area contributed by atoms with Crippen LogP contribution < -0.4 is 10.9 Å². The van der Waals surface area contributed by atoms with Crippen LogP contribution in [0.25, 0.3) is 11.3 Å². The molecule has 2 aromatic rings. The highest BCUT2D eigenvalue weighted by Gasteiger charge is 2.09. The van der Waals surface area contributed by atoms with Gasteiger partial charge in [-0.1, -0.05) is 24.3 Å². The lowest BCUT2D eigenvalue weighted by atomic mass is 10.1. The van der Waals surface area contributed by atoms with E-state index in [4.69, 9.17) is 0 Å². The Hall–Kier alpha value is -2.43. The first-order valence-corrected chi connectivity index (χ1v) is 6.91. The van der Waals surface area contributed by atoms with Gasteiger partial charge in [0.15, 0.2) is 0 Å². The SMILES string of the molecule is Cc1ccccc1-c1ccc(=O)n(CC(=O)NC(C)C)n1. The maximum atomic E-state index is 11.8. The van der Waals surface area contributed by atoms with E-state index in [0.29, 0.717) is 5.69 Å². The van der Waals surface area contributed by atoms with Crippen LogP contribution >= 0.6 is 0 Å². The standard InChI is InChI=1S/C16H19N3O2/c1-11(2)17-15(20)10-19-16(21)9-8-14(18-19)13-7-5-4-6-12(13)3/h4-9,11H,10H2,1-3H3,(H,17,20). The van der Waals surface area contributed by atoms with Gasteiger partial charge in [0.05, 0.1) is 5.69 Å². The number of rotatable bonds is 4. The van der Waals surface area contributed by atoms with E-state index < -0.39 is 0 Å². The largest absolute Gasteiger partial charge is 0.352 e. The van der Waals surface area contributed by atoms with Crippen molar-refractivity contribution in [2.75, 3.05) is 0 Å². The topological polar surface area (TPSA) is 64.0 Å². The van der Waals surface area contributed by atoms with Crippen molar-refractivity contribution in [1.29, 1.82) is 0 Å². The van der Waals surface area contributed by atoms with E-state index in [1.54, 1.807) is 6.07 Å². The second-order valence-electron chi connectivity index (χ2n) is 5.25. The third kappa shape index (κ3) is 3.78. The van der Waals surface area contributed by atoms with E-state index >= 15 is 0 Å². The lowest BCUT2D eigenvalue weighted by Crippen LogP contribution is -2.36. The fourth-order valence-electron chi connectivity index (χ4n) is 2.07. The lowest BCUT2D eigenvalue weighted by Gasteiger charge is -2.11. The van der Waals surface area contributed by atoms with Crippen LogP contribution in [0.15, 0.2) is 41.2 Å². The van der Waals surface area contributed by atoms with Crippen molar-refractivity contribution in [2.24, 2.45) is 0 Å². The van der Waals surface area contributed by atoms with Gasteiger partial charge in [-0.05, 0) is 32.4 Å². The molecule has 0 radical (unpaired) electrons. The number of aryl methyl sites for hydroxylation is 1. The molecule has 0 aliphatic heterocycles. The number of hydrogen-bond acceptors (Lipinski definition) is 3. The van der Waals surface area contributed by atoms with Gasteiger partial charge in [0, 0.05) is 17.7 Å². The molecule has 0 atom stereocenters. The predicted octanol–water partition coefficient (Wildman–Crippen LogP) is 1.74.